The predicted octanol–water partition coefficient (Wildman–Crippen LogP) is 3.92. The first-order valence-corrected chi connectivity index (χ1v) is 11.9. The lowest BCUT2D eigenvalue weighted by atomic mass is 9.91. The third kappa shape index (κ3) is 6.06. The smallest absolute Gasteiger partial charge is 0.321 e. The number of fused-ring (bicyclic) bond motifs is 1. The number of hydrogen-bond acceptors (Lipinski definition) is 6. The first-order chi connectivity index (χ1) is 16.6. The van der Waals surface area contributed by atoms with Gasteiger partial charge in [0.15, 0.2) is 11.5 Å². The molecule has 0 unspecified atom stereocenters. The number of nitrogens with zero attached hydrogens (tertiary/aromatic N) is 2. The molecule has 1 amide bonds. The van der Waals surface area contributed by atoms with Crippen LogP contribution in [-0.2, 0) is 22.7 Å². The van der Waals surface area contributed by atoms with E-state index >= 15 is 0 Å². The summed E-state index contributed by atoms with van der Waals surface area (Å²) in [6.45, 7) is 7.63. The first kappa shape index (κ1) is 24.9. The molecule has 4 rings (SSSR count). The fourth-order valence-electron chi connectivity index (χ4n) is 4.75. The Morgan fingerprint density at radius 1 is 1.11 bits per heavy atom. The van der Waals surface area contributed by atoms with E-state index in [-0.39, 0.29) is 24.2 Å². The number of ether oxygens (including phenoxy) is 3. The van der Waals surface area contributed by atoms with Gasteiger partial charge in [-0.3, -0.25) is 14.5 Å². The maximum Gasteiger partial charge on any atom is 0.321 e. The van der Waals surface area contributed by atoms with Gasteiger partial charge in [0.05, 0.1) is 7.11 Å². The second kappa shape index (κ2) is 10.2. The molecule has 0 bridgehead atoms. The maximum atomic E-state index is 13.5. The Morgan fingerprint density at radius 2 is 1.89 bits per heavy atom. The third-order valence-corrected chi connectivity index (χ3v) is 6.42. The van der Waals surface area contributed by atoms with Crippen LogP contribution in [-0.4, -0.2) is 59.3 Å². The van der Waals surface area contributed by atoms with Crippen molar-refractivity contribution < 1.29 is 28.9 Å². The SMILES string of the molecule is COc1cccc(CN(C(=O)CC(C)(C)C)[C@H]2C[C@@H](C(=O)O)N(Cc3ccc4c(c3)OCO4)C2)c1. The van der Waals surface area contributed by atoms with Crippen LogP contribution in [0.1, 0.15) is 44.7 Å². The van der Waals surface area contributed by atoms with E-state index in [0.717, 1.165) is 16.9 Å². The summed E-state index contributed by atoms with van der Waals surface area (Å²) in [4.78, 5) is 29.5. The molecule has 8 heteroatoms. The van der Waals surface area contributed by atoms with E-state index < -0.39 is 12.0 Å². The Hall–Kier alpha value is -3.26. The minimum Gasteiger partial charge on any atom is -0.497 e. The van der Waals surface area contributed by atoms with Crippen LogP contribution in [0.2, 0.25) is 0 Å². The summed E-state index contributed by atoms with van der Waals surface area (Å²) >= 11 is 0. The van der Waals surface area contributed by atoms with Gasteiger partial charge in [-0.05, 0) is 47.2 Å². The molecule has 2 aromatic rings. The molecule has 2 heterocycles. The molecule has 0 radical (unpaired) electrons. The fourth-order valence-corrected chi connectivity index (χ4v) is 4.75. The average Bonchev–Trinajstić information content (AvgIpc) is 3.43. The van der Waals surface area contributed by atoms with Crippen LogP contribution in [0.25, 0.3) is 0 Å². The number of carbonyl (C=O) groups excluding carboxylic acids is 1. The van der Waals surface area contributed by atoms with Crippen molar-refractivity contribution in [3.63, 3.8) is 0 Å². The van der Waals surface area contributed by atoms with E-state index in [1.165, 1.54) is 0 Å². The number of likely N-dealkylation sites (tertiary alicyclic amines) is 1. The molecule has 8 nitrogen and oxygen atoms in total. The summed E-state index contributed by atoms with van der Waals surface area (Å²) < 4.78 is 16.2. The monoisotopic (exact) mass is 482 g/mol. The number of carbonyl (C=O) groups is 2. The predicted molar refractivity (Wildman–Crippen MR) is 130 cm³/mol. The van der Waals surface area contributed by atoms with E-state index in [2.05, 4.69) is 0 Å². The molecule has 2 atom stereocenters. The van der Waals surface area contributed by atoms with Crippen molar-refractivity contribution in [2.75, 3.05) is 20.4 Å². The van der Waals surface area contributed by atoms with Crippen LogP contribution < -0.4 is 14.2 Å². The summed E-state index contributed by atoms with van der Waals surface area (Å²) in [5, 5.41) is 9.99. The molecule has 0 saturated carbocycles. The highest BCUT2D eigenvalue weighted by atomic mass is 16.7. The third-order valence-electron chi connectivity index (χ3n) is 6.42. The van der Waals surface area contributed by atoms with Gasteiger partial charge in [-0.2, -0.15) is 0 Å². The zero-order chi connectivity index (χ0) is 25.2. The number of benzene rings is 2. The lowest BCUT2D eigenvalue weighted by Gasteiger charge is -2.32. The zero-order valence-electron chi connectivity index (χ0n) is 20.8. The van der Waals surface area contributed by atoms with Crippen LogP contribution in [0.15, 0.2) is 42.5 Å². The molecule has 35 heavy (non-hydrogen) atoms. The summed E-state index contributed by atoms with van der Waals surface area (Å²) in [7, 11) is 1.62. The molecule has 0 aromatic heterocycles. The van der Waals surface area contributed by atoms with Gasteiger partial charge in [0, 0.05) is 32.1 Å². The van der Waals surface area contributed by atoms with Gasteiger partial charge in [-0.1, -0.05) is 39.0 Å². The quantitative estimate of drug-likeness (QED) is 0.610. The van der Waals surface area contributed by atoms with E-state index in [1.807, 2.05) is 73.0 Å². The standard InChI is InChI=1S/C27H34N2O6/c1-27(2,3)13-25(30)29(15-18-6-5-7-21(10-18)33-4)20-12-22(26(31)32)28(16-20)14-19-8-9-23-24(11-19)35-17-34-23/h5-11,20,22H,12-17H2,1-4H3,(H,31,32)/t20-,22-/m0/s1. The van der Waals surface area contributed by atoms with Gasteiger partial charge < -0.3 is 24.2 Å². The largest absolute Gasteiger partial charge is 0.497 e. The van der Waals surface area contributed by atoms with Gasteiger partial charge in [0.2, 0.25) is 12.7 Å². The van der Waals surface area contributed by atoms with E-state index in [4.69, 9.17) is 14.2 Å². The van der Waals surface area contributed by atoms with E-state index in [9.17, 15) is 14.7 Å². The van der Waals surface area contributed by atoms with Crippen LogP contribution >= 0.6 is 0 Å². The van der Waals surface area contributed by atoms with Gasteiger partial charge in [-0.25, -0.2) is 0 Å². The van der Waals surface area contributed by atoms with Crippen molar-refractivity contribution in [1.82, 2.24) is 9.80 Å². The van der Waals surface area contributed by atoms with Crippen molar-refractivity contribution in [3.05, 3.63) is 53.6 Å². The topological polar surface area (TPSA) is 88.5 Å². The number of amides is 1. The summed E-state index contributed by atoms with van der Waals surface area (Å²) in [6, 6.07) is 12.4. The number of carboxylic acids is 1. The molecule has 2 aromatic carbocycles. The van der Waals surface area contributed by atoms with Crippen LogP contribution in [0.3, 0.4) is 0 Å². The molecular weight excluding hydrogens is 448 g/mol. The highest BCUT2D eigenvalue weighted by Gasteiger charge is 2.41. The van der Waals surface area contributed by atoms with Gasteiger partial charge in [0.1, 0.15) is 11.8 Å². The first-order valence-electron chi connectivity index (χ1n) is 11.9. The molecular formula is C27H34N2O6. The molecule has 188 valence electrons. The molecule has 2 aliphatic heterocycles. The van der Waals surface area contributed by atoms with Gasteiger partial charge >= 0.3 is 5.97 Å². The molecule has 0 spiro atoms. The van der Waals surface area contributed by atoms with Gasteiger partial charge in [-0.15, -0.1) is 0 Å². The number of rotatable bonds is 8. The van der Waals surface area contributed by atoms with Crippen LogP contribution in [0.4, 0.5) is 0 Å². The summed E-state index contributed by atoms with van der Waals surface area (Å²) in [5.74, 6) is 1.24. The fraction of sp³-hybridized carbons (Fsp3) is 0.481. The highest BCUT2D eigenvalue weighted by molar-refractivity contribution is 5.78. The van der Waals surface area contributed by atoms with Crippen molar-refractivity contribution in [2.45, 2.75) is 58.8 Å². The molecule has 2 aliphatic rings. The Labute approximate surface area is 206 Å². The number of carboxylic acid groups (broad SMARTS) is 1. The zero-order valence-corrected chi connectivity index (χ0v) is 20.8. The summed E-state index contributed by atoms with van der Waals surface area (Å²) in [5.41, 5.74) is 1.72. The average molecular weight is 483 g/mol. The highest BCUT2D eigenvalue weighted by Crippen LogP contribution is 2.34. The Bertz CT molecular complexity index is 1080. The van der Waals surface area contributed by atoms with Gasteiger partial charge in [0.25, 0.3) is 0 Å². The van der Waals surface area contributed by atoms with E-state index in [0.29, 0.717) is 44.0 Å². The van der Waals surface area contributed by atoms with Crippen molar-refractivity contribution >= 4 is 11.9 Å². The van der Waals surface area contributed by atoms with Crippen molar-refractivity contribution in [1.29, 1.82) is 0 Å². The normalized spacial score (nSPS) is 19.5. The maximum absolute atomic E-state index is 13.5. The minimum atomic E-state index is -0.877. The van der Waals surface area contributed by atoms with Crippen molar-refractivity contribution in [3.8, 4) is 17.2 Å². The number of hydrogen-bond donors (Lipinski definition) is 1. The Balaban J connectivity index is 1.56. The Kier molecular flexibility index (Phi) is 7.21. The van der Waals surface area contributed by atoms with Crippen LogP contribution in [0.5, 0.6) is 17.2 Å². The lowest BCUT2D eigenvalue weighted by Crippen LogP contribution is -2.42. The summed E-state index contributed by atoms with van der Waals surface area (Å²) in [6.07, 6.45) is 0.757. The second-order valence-electron chi connectivity index (χ2n) is 10.5. The minimum absolute atomic E-state index is 0.0272. The Morgan fingerprint density at radius 3 is 2.60 bits per heavy atom. The number of aliphatic carboxylic acids is 1. The van der Waals surface area contributed by atoms with Crippen molar-refractivity contribution in [2.24, 2.45) is 5.41 Å². The molecule has 1 N–H and O–H groups in total. The lowest BCUT2D eigenvalue weighted by molar-refractivity contribution is -0.142. The van der Waals surface area contributed by atoms with E-state index in [1.54, 1.807) is 7.11 Å². The van der Waals surface area contributed by atoms with Crippen LogP contribution in [0, 0.1) is 5.41 Å². The number of methoxy groups -OCH3 is 1. The molecule has 0 aliphatic carbocycles. The second-order valence-corrected chi connectivity index (χ2v) is 10.5. The molecule has 1 fully saturated rings. The molecule has 1 saturated heterocycles.